The normalized spacial score (nSPS) is 14.4. The Balaban J connectivity index is 1.85. The van der Waals surface area contributed by atoms with Crippen molar-refractivity contribution in [3.05, 3.63) is 54.1 Å². The molecule has 7 nitrogen and oxygen atoms in total. The van der Waals surface area contributed by atoms with Crippen LogP contribution < -0.4 is 5.32 Å². The quantitative estimate of drug-likeness (QED) is 0.523. The Morgan fingerprint density at radius 3 is 2.42 bits per heavy atom. The fraction of sp³-hybridized carbons (Fsp3) is 0.409. The van der Waals surface area contributed by atoms with Crippen molar-refractivity contribution in [3.63, 3.8) is 0 Å². The van der Waals surface area contributed by atoms with Crippen LogP contribution in [0.2, 0.25) is 0 Å². The molecule has 2 heterocycles. The third-order valence-electron chi connectivity index (χ3n) is 5.19. The van der Waals surface area contributed by atoms with Gasteiger partial charge in [0.15, 0.2) is 0 Å². The van der Waals surface area contributed by atoms with Crippen LogP contribution in [0, 0.1) is 6.92 Å². The zero-order valence-corrected chi connectivity index (χ0v) is 18.2. The Hall–Kier alpha value is -2.91. The summed E-state index contributed by atoms with van der Waals surface area (Å²) in [6.45, 7) is 7.45. The molecule has 0 unspecified atom stereocenters. The SMILES string of the molecule is Cc1cc(Nc2nccc(C(C)(F)F)n2)cc(-c2cnn(C[C@@](C)(O)C(C)(C)O)c2)c1. The zero-order valence-electron chi connectivity index (χ0n) is 18.2. The maximum absolute atomic E-state index is 13.6. The Morgan fingerprint density at radius 2 is 1.77 bits per heavy atom. The van der Waals surface area contributed by atoms with E-state index >= 15 is 0 Å². The topological polar surface area (TPSA) is 96.1 Å². The number of alkyl halides is 2. The molecular formula is C22H27F2N5O2. The van der Waals surface area contributed by atoms with E-state index in [2.05, 4.69) is 20.4 Å². The lowest BCUT2D eigenvalue weighted by atomic mass is 9.88. The molecule has 1 atom stereocenters. The average molecular weight is 431 g/mol. The van der Waals surface area contributed by atoms with Gasteiger partial charge in [-0.3, -0.25) is 4.68 Å². The minimum Gasteiger partial charge on any atom is -0.387 e. The van der Waals surface area contributed by atoms with E-state index in [0.29, 0.717) is 5.69 Å². The van der Waals surface area contributed by atoms with E-state index in [1.165, 1.54) is 12.3 Å². The fourth-order valence-electron chi connectivity index (χ4n) is 2.92. The Labute approximate surface area is 179 Å². The molecule has 3 aromatic rings. The fourth-order valence-corrected chi connectivity index (χ4v) is 2.92. The van der Waals surface area contributed by atoms with E-state index < -0.39 is 17.1 Å². The van der Waals surface area contributed by atoms with E-state index in [-0.39, 0.29) is 18.2 Å². The van der Waals surface area contributed by atoms with Gasteiger partial charge in [-0.15, -0.1) is 0 Å². The summed E-state index contributed by atoms with van der Waals surface area (Å²) in [4.78, 5) is 7.92. The maximum atomic E-state index is 13.6. The lowest BCUT2D eigenvalue weighted by molar-refractivity contribution is -0.129. The second kappa shape index (κ2) is 7.97. The first-order chi connectivity index (χ1) is 14.2. The second-order valence-electron chi connectivity index (χ2n) is 8.63. The predicted octanol–water partition coefficient (Wildman–Crippen LogP) is 4.03. The van der Waals surface area contributed by atoms with Crippen LogP contribution >= 0.6 is 0 Å². The van der Waals surface area contributed by atoms with Gasteiger partial charge in [0, 0.05) is 30.6 Å². The third kappa shape index (κ3) is 5.42. The van der Waals surface area contributed by atoms with Crippen molar-refractivity contribution < 1.29 is 19.0 Å². The van der Waals surface area contributed by atoms with Crippen LogP contribution in [0.25, 0.3) is 11.1 Å². The summed E-state index contributed by atoms with van der Waals surface area (Å²) < 4.78 is 28.7. The van der Waals surface area contributed by atoms with Crippen LogP contribution in [0.5, 0.6) is 0 Å². The highest BCUT2D eigenvalue weighted by atomic mass is 19.3. The predicted molar refractivity (Wildman–Crippen MR) is 114 cm³/mol. The van der Waals surface area contributed by atoms with Crippen LogP contribution in [0.3, 0.4) is 0 Å². The van der Waals surface area contributed by atoms with Crippen molar-refractivity contribution in [2.75, 3.05) is 5.32 Å². The van der Waals surface area contributed by atoms with Crippen LogP contribution in [0.15, 0.2) is 42.9 Å². The van der Waals surface area contributed by atoms with Crippen molar-refractivity contribution in [3.8, 4) is 11.1 Å². The molecule has 31 heavy (non-hydrogen) atoms. The summed E-state index contributed by atoms with van der Waals surface area (Å²) in [7, 11) is 0. The number of halogens is 2. The molecule has 0 radical (unpaired) electrons. The molecular weight excluding hydrogens is 404 g/mol. The molecule has 0 saturated heterocycles. The lowest BCUT2D eigenvalue weighted by Gasteiger charge is -2.35. The minimum atomic E-state index is -3.06. The van der Waals surface area contributed by atoms with Crippen molar-refractivity contribution >= 4 is 11.6 Å². The maximum Gasteiger partial charge on any atom is 0.287 e. The van der Waals surface area contributed by atoms with Crippen LogP contribution in [0.1, 0.15) is 39.0 Å². The summed E-state index contributed by atoms with van der Waals surface area (Å²) in [6.07, 6.45) is 4.72. The van der Waals surface area contributed by atoms with E-state index in [9.17, 15) is 19.0 Å². The highest BCUT2D eigenvalue weighted by Gasteiger charge is 2.38. The molecule has 0 aliphatic rings. The van der Waals surface area contributed by atoms with Gasteiger partial charge in [-0.05, 0) is 57.0 Å². The Kier molecular flexibility index (Phi) is 5.86. The van der Waals surface area contributed by atoms with Gasteiger partial charge in [0.25, 0.3) is 5.92 Å². The molecule has 0 spiro atoms. The molecule has 0 saturated carbocycles. The number of rotatable bonds is 7. The van der Waals surface area contributed by atoms with Gasteiger partial charge >= 0.3 is 0 Å². The van der Waals surface area contributed by atoms with Gasteiger partial charge in [0.05, 0.1) is 18.3 Å². The smallest absolute Gasteiger partial charge is 0.287 e. The van der Waals surface area contributed by atoms with Gasteiger partial charge in [-0.2, -0.15) is 13.9 Å². The molecule has 3 rings (SSSR count). The van der Waals surface area contributed by atoms with Crippen LogP contribution in [-0.4, -0.2) is 41.2 Å². The van der Waals surface area contributed by atoms with E-state index in [1.807, 2.05) is 25.1 Å². The van der Waals surface area contributed by atoms with Crippen molar-refractivity contribution in [1.29, 1.82) is 0 Å². The summed E-state index contributed by atoms with van der Waals surface area (Å²) in [5.74, 6) is -2.98. The first kappa shape index (κ1) is 22.8. The molecule has 0 fully saturated rings. The van der Waals surface area contributed by atoms with Crippen molar-refractivity contribution in [2.24, 2.45) is 0 Å². The van der Waals surface area contributed by atoms with Gasteiger partial charge in [-0.25, -0.2) is 9.97 Å². The summed E-state index contributed by atoms with van der Waals surface area (Å²) in [6, 6.07) is 6.83. The number of benzene rings is 1. The number of nitrogens with zero attached hydrogens (tertiary/aromatic N) is 4. The molecule has 9 heteroatoms. The first-order valence-electron chi connectivity index (χ1n) is 9.82. The van der Waals surface area contributed by atoms with Crippen molar-refractivity contribution in [2.45, 2.75) is 58.3 Å². The number of nitrogens with one attached hydrogen (secondary N) is 1. The van der Waals surface area contributed by atoms with Gasteiger partial charge < -0.3 is 15.5 Å². The number of aryl methyl sites for hydroxylation is 1. The molecule has 2 aromatic heterocycles. The first-order valence-corrected chi connectivity index (χ1v) is 9.82. The van der Waals surface area contributed by atoms with Gasteiger partial charge in [0.2, 0.25) is 5.95 Å². The summed E-state index contributed by atoms with van der Waals surface area (Å²) in [5.41, 5.74) is 0.179. The molecule has 0 aliphatic heterocycles. The second-order valence-corrected chi connectivity index (χ2v) is 8.63. The third-order valence-corrected chi connectivity index (χ3v) is 5.19. The number of anilines is 2. The van der Waals surface area contributed by atoms with Crippen LogP contribution in [0.4, 0.5) is 20.4 Å². The van der Waals surface area contributed by atoms with Gasteiger partial charge in [0.1, 0.15) is 11.3 Å². The zero-order chi connectivity index (χ0) is 23.0. The monoisotopic (exact) mass is 431 g/mol. The van der Waals surface area contributed by atoms with Crippen LogP contribution in [-0.2, 0) is 12.5 Å². The molecule has 0 bridgehead atoms. The number of aromatic nitrogens is 4. The average Bonchev–Trinajstić information content (AvgIpc) is 3.07. The Bertz CT molecular complexity index is 1070. The van der Waals surface area contributed by atoms with E-state index in [1.54, 1.807) is 37.8 Å². The summed E-state index contributed by atoms with van der Waals surface area (Å²) >= 11 is 0. The molecule has 1 aromatic carbocycles. The lowest BCUT2D eigenvalue weighted by Crippen LogP contribution is -2.50. The molecule has 166 valence electrons. The standard InChI is InChI=1S/C22H27F2N5O2/c1-14-8-15(16-11-26-29(12-16)13-21(4,31)20(2,3)30)10-17(9-14)27-19-25-7-6-18(28-19)22(5,23)24/h6-12,30-31H,13H2,1-5H3,(H,25,27,28)/t21-/m1/s1. The number of hydrogen-bond donors (Lipinski definition) is 3. The number of hydrogen-bond acceptors (Lipinski definition) is 6. The highest BCUT2D eigenvalue weighted by Crippen LogP contribution is 2.29. The van der Waals surface area contributed by atoms with Crippen molar-refractivity contribution in [1.82, 2.24) is 19.7 Å². The molecule has 0 aliphatic carbocycles. The number of aliphatic hydroxyl groups is 2. The summed E-state index contributed by atoms with van der Waals surface area (Å²) in [5, 5.41) is 28.0. The van der Waals surface area contributed by atoms with E-state index in [4.69, 9.17) is 0 Å². The van der Waals surface area contributed by atoms with Gasteiger partial charge in [-0.1, -0.05) is 6.07 Å². The van der Waals surface area contributed by atoms with E-state index in [0.717, 1.165) is 23.6 Å². The minimum absolute atomic E-state index is 0.0764. The largest absolute Gasteiger partial charge is 0.387 e. The molecule has 3 N–H and O–H groups in total. The highest BCUT2D eigenvalue weighted by molar-refractivity contribution is 5.70. The molecule has 0 amide bonds. The Morgan fingerprint density at radius 1 is 1.06 bits per heavy atom.